The number of anilines is 1. The smallest absolute Gasteiger partial charge is 0.226 e. The zero-order valence-corrected chi connectivity index (χ0v) is 12.7. The van der Waals surface area contributed by atoms with Crippen molar-refractivity contribution in [2.24, 2.45) is 5.92 Å². The van der Waals surface area contributed by atoms with E-state index in [1.807, 2.05) is 24.3 Å². The van der Waals surface area contributed by atoms with E-state index >= 15 is 0 Å². The standard InChI is InChI=1S/C14H17N3OS.ClH/c18-13(9-10-5-7-15-8-6-10)17-14-16-11-3-1-2-4-12(11)19-14;/h1-4,10,15H,5-9H2,(H,16,17,18);1H. The summed E-state index contributed by atoms with van der Waals surface area (Å²) in [4.78, 5) is 16.4. The highest BCUT2D eigenvalue weighted by molar-refractivity contribution is 7.22. The molecular weight excluding hydrogens is 294 g/mol. The van der Waals surface area contributed by atoms with Gasteiger partial charge in [0.1, 0.15) is 0 Å². The van der Waals surface area contributed by atoms with Crippen molar-refractivity contribution in [3.63, 3.8) is 0 Å². The Bertz CT molecular complexity index is 548. The third kappa shape index (κ3) is 3.69. The molecule has 1 fully saturated rings. The molecule has 1 aromatic heterocycles. The van der Waals surface area contributed by atoms with E-state index in [1.54, 1.807) is 0 Å². The first-order chi connectivity index (χ1) is 9.31. The Balaban J connectivity index is 0.00000147. The molecule has 3 rings (SSSR count). The van der Waals surface area contributed by atoms with Gasteiger partial charge in [0, 0.05) is 6.42 Å². The van der Waals surface area contributed by atoms with Crippen LogP contribution in [0.3, 0.4) is 0 Å². The van der Waals surface area contributed by atoms with Crippen molar-refractivity contribution < 1.29 is 4.79 Å². The van der Waals surface area contributed by atoms with Crippen molar-refractivity contribution in [3.8, 4) is 0 Å². The van der Waals surface area contributed by atoms with Crippen LogP contribution in [0, 0.1) is 5.92 Å². The molecule has 1 aromatic carbocycles. The fraction of sp³-hybridized carbons (Fsp3) is 0.429. The summed E-state index contributed by atoms with van der Waals surface area (Å²) in [5.74, 6) is 0.599. The van der Waals surface area contributed by atoms with Gasteiger partial charge in [-0.1, -0.05) is 23.5 Å². The number of hydrogen-bond acceptors (Lipinski definition) is 4. The third-order valence-electron chi connectivity index (χ3n) is 3.47. The minimum absolute atomic E-state index is 0. The second-order valence-corrected chi connectivity index (χ2v) is 5.96. The van der Waals surface area contributed by atoms with Gasteiger partial charge < -0.3 is 10.6 Å². The summed E-state index contributed by atoms with van der Waals surface area (Å²) in [6, 6.07) is 7.94. The van der Waals surface area contributed by atoms with E-state index in [0.29, 0.717) is 17.5 Å². The SMILES string of the molecule is Cl.O=C(CC1CCNCC1)Nc1nc2ccccc2s1. The van der Waals surface area contributed by atoms with E-state index in [0.717, 1.165) is 36.1 Å². The molecule has 108 valence electrons. The molecule has 0 spiro atoms. The van der Waals surface area contributed by atoms with Crippen molar-refractivity contribution >= 4 is 45.0 Å². The Hall–Kier alpha value is -1.17. The number of carbonyl (C=O) groups is 1. The highest BCUT2D eigenvalue weighted by atomic mass is 35.5. The first-order valence-corrected chi connectivity index (χ1v) is 7.49. The van der Waals surface area contributed by atoms with Crippen molar-refractivity contribution in [1.29, 1.82) is 0 Å². The molecule has 0 aliphatic carbocycles. The summed E-state index contributed by atoms with van der Waals surface area (Å²) in [5, 5.41) is 6.95. The molecule has 0 unspecified atom stereocenters. The zero-order chi connectivity index (χ0) is 13.1. The maximum Gasteiger partial charge on any atom is 0.226 e. The number of carbonyl (C=O) groups excluding carboxylic acids is 1. The maximum atomic E-state index is 12.0. The molecule has 6 heteroatoms. The van der Waals surface area contributed by atoms with E-state index < -0.39 is 0 Å². The molecule has 1 saturated heterocycles. The Morgan fingerprint density at radius 1 is 1.35 bits per heavy atom. The summed E-state index contributed by atoms with van der Waals surface area (Å²) in [5.41, 5.74) is 0.949. The highest BCUT2D eigenvalue weighted by Crippen LogP contribution is 2.26. The van der Waals surface area contributed by atoms with Crippen molar-refractivity contribution in [2.45, 2.75) is 19.3 Å². The Labute approximate surface area is 128 Å². The molecule has 20 heavy (non-hydrogen) atoms. The molecule has 4 nitrogen and oxygen atoms in total. The first-order valence-electron chi connectivity index (χ1n) is 6.67. The number of thiazole rings is 1. The van der Waals surface area contributed by atoms with Crippen LogP contribution in [0.2, 0.25) is 0 Å². The molecule has 2 aromatic rings. The van der Waals surface area contributed by atoms with E-state index in [1.165, 1.54) is 11.3 Å². The van der Waals surface area contributed by atoms with Crippen LogP contribution in [0.4, 0.5) is 5.13 Å². The number of hydrogen-bond donors (Lipinski definition) is 2. The Morgan fingerprint density at radius 2 is 2.10 bits per heavy atom. The van der Waals surface area contributed by atoms with Crippen molar-refractivity contribution in [2.75, 3.05) is 18.4 Å². The summed E-state index contributed by atoms with van der Waals surface area (Å²) >= 11 is 1.53. The average molecular weight is 312 g/mol. The highest BCUT2D eigenvalue weighted by Gasteiger charge is 2.17. The molecule has 0 bridgehead atoms. The number of amides is 1. The van der Waals surface area contributed by atoms with E-state index in [2.05, 4.69) is 15.6 Å². The fourth-order valence-corrected chi connectivity index (χ4v) is 3.33. The molecule has 0 atom stereocenters. The summed E-state index contributed by atoms with van der Waals surface area (Å²) in [7, 11) is 0. The number of aromatic nitrogens is 1. The van der Waals surface area contributed by atoms with E-state index in [4.69, 9.17) is 0 Å². The van der Waals surface area contributed by atoms with E-state index in [9.17, 15) is 4.79 Å². The lowest BCUT2D eigenvalue weighted by Gasteiger charge is -2.21. The molecule has 1 aliphatic rings. The van der Waals surface area contributed by atoms with Gasteiger partial charge in [0.2, 0.25) is 5.91 Å². The Morgan fingerprint density at radius 3 is 2.85 bits per heavy atom. The number of fused-ring (bicyclic) bond motifs is 1. The quantitative estimate of drug-likeness (QED) is 0.916. The van der Waals surface area contributed by atoms with Gasteiger partial charge in [-0.05, 0) is 44.0 Å². The largest absolute Gasteiger partial charge is 0.317 e. The van der Waals surface area contributed by atoms with Gasteiger partial charge in [-0.25, -0.2) is 4.98 Å². The number of rotatable bonds is 3. The minimum Gasteiger partial charge on any atom is -0.317 e. The zero-order valence-electron chi connectivity index (χ0n) is 11.1. The fourth-order valence-electron chi connectivity index (χ4n) is 2.44. The number of halogens is 1. The van der Waals surface area contributed by atoms with Crippen LogP contribution in [-0.4, -0.2) is 24.0 Å². The number of piperidine rings is 1. The summed E-state index contributed by atoms with van der Waals surface area (Å²) < 4.78 is 1.11. The number of nitrogens with one attached hydrogen (secondary N) is 2. The molecule has 0 saturated carbocycles. The van der Waals surface area contributed by atoms with Gasteiger partial charge in [0.15, 0.2) is 5.13 Å². The average Bonchev–Trinajstić information content (AvgIpc) is 2.81. The third-order valence-corrected chi connectivity index (χ3v) is 4.42. The second-order valence-electron chi connectivity index (χ2n) is 4.93. The van der Waals surface area contributed by atoms with Gasteiger partial charge in [0.05, 0.1) is 10.2 Å². The molecule has 1 aliphatic heterocycles. The summed E-state index contributed by atoms with van der Waals surface area (Å²) in [6.07, 6.45) is 2.79. The summed E-state index contributed by atoms with van der Waals surface area (Å²) in [6.45, 7) is 2.05. The minimum atomic E-state index is 0. The van der Waals surface area contributed by atoms with Crippen LogP contribution < -0.4 is 10.6 Å². The van der Waals surface area contributed by atoms with Crippen molar-refractivity contribution in [1.82, 2.24) is 10.3 Å². The van der Waals surface area contributed by atoms with Crippen molar-refractivity contribution in [3.05, 3.63) is 24.3 Å². The molecular formula is C14H18ClN3OS. The molecule has 2 heterocycles. The number of para-hydroxylation sites is 1. The van der Waals surface area contributed by atoms with Crippen LogP contribution in [0.5, 0.6) is 0 Å². The molecule has 0 radical (unpaired) electrons. The lowest BCUT2D eigenvalue weighted by atomic mass is 9.94. The lowest BCUT2D eigenvalue weighted by Crippen LogP contribution is -2.30. The van der Waals surface area contributed by atoms with Gasteiger partial charge in [-0.3, -0.25) is 4.79 Å². The normalized spacial score (nSPS) is 15.8. The Kier molecular flexibility index (Phi) is 5.34. The number of nitrogens with zero attached hydrogens (tertiary/aromatic N) is 1. The first kappa shape index (κ1) is 15.2. The molecule has 1 amide bonds. The monoisotopic (exact) mass is 311 g/mol. The van der Waals surface area contributed by atoms with Crippen LogP contribution >= 0.6 is 23.7 Å². The van der Waals surface area contributed by atoms with Gasteiger partial charge in [0.25, 0.3) is 0 Å². The topological polar surface area (TPSA) is 54.0 Å². The van der Waals surface area contributed by atoms with Gasteiger partial charge in [-0.15, -0.1) is 12.4 Å². The second kappa shape index (κ2) is 7.02. The van der Waals surface area contributed by atoms with Crippen LogP contribution in [0.15, 0.2) is 24.3 Å². The van der Waals surface area contributed by atoms with Crippen LogP contribution in [0.25, 0.3) is 10.2 Å². The van der Waals surface area contributed by atoms with Gasteiger partial charge in [-0.2, -0.15) is 0 Å². The van der Waals surface area contributed by atoms with E-state index in [-0.39, 0.29) is 18.3 Å². The van der Waals surface area contributed by atoms with Gasteiger partial charge >= 0.3 is 0 Å². The maximum absolute atomic E-state index is 12.0. The van der Waals surface area contributed by atoms with Crippen LogP contribution in [0.1, 0.15) is 19.3 Å². The predicted molar refractivity (Wildman–Crippen MR) is 85.7 cm³/mol. The number of benzene rings is 1. The van der Waals surface area contributed by atoms with Crippen LogP contribution in [-0.2, 0) is 4.79 Å². The lowest BCUT2D eigenvalue weighted by molar-refractivity contribution is -0.117. The predicted octanol–water partition coefficient (Wildman–Crippen LogP) is 3.05. The molecule has 2 N–H and O–H groups in total.